The Balaban J connectivity index is 2.79. The topological polar surface area (TPSA) is 33.5 Å². The maximum atomic E-state index is 10.5. The lowest BCUT2D eigenvalue weighted by atomic mass is 10.2. The Hall–Kier alpha value is -1.31. The lowest BCUT2D eigenvalue weighted by molar-refractivity contribution is 0.454. The third kappa shape index (κ3) is 2.09. The normalized spacial score (nSPS) is 9.92. The summed E-state index contributed by atoms with van der Waals surface area (Å²) in [5.74, 6) is 2.46. The van der Waals surface area contributed by atoms with E-state index in [1.54, 1.807) is 18.4 Å². The van der Waals surface area contributed by atoms with Crippen molar-refractivity contribution in [3.05, 3.63) is 24.2 Å². The van der Waals surface area contributed by atoms with Crippen LogP contribution in [0.4, 0.5) is 0 Å². The molecule has 0 unspecified atom stereocenters. The van der Waals surface area contributed by atoms with Crippen LogP contribution in [-0.2, 0) is 4.79 Å². The minimum atomic E-state index is 0.546. The van der Waals surface area contributed by atoms with Crippen LogP contribution in [0.15, 0.2) is 22.8 Å². The molecule has 0 atom stereocenters. The van der Waals surface area contributed by atoms with Gasteiger partial charge in [0.05, 0.1) is 11.8 Å². The van der Waals surface area contributed by atoms with E-state index < -0.39 is 0 Å². The summed E-state index contributed by atoms with van der Waals surface area (Å²) in [6, 6.07) is 3.51. The minimum Gasteiger partial charge on any atom is -0.464 e. The van der Waals surface area contributed by atoms with E-state index >= 15 is 0 Å². The molecule has 0 aliphatic carbocycles. The summed E-state index contributed by atoms with van der Waals surface area (Å²) < 4.78 is 5.06. The number of nitrogens with zero attached hydrogens (tertiary/aromatic N) is 1. The van der Waals surface area contributed by atoms with Crippen LogP contribution in [0, 0.1) is 0 Å². The zero-order valence-corrected chi connectivity index (χ0v) is 7.20. The highest BCUT2D eigenvalue weighted by Crippen LogP contribution is 2.11. The van der Waals surface area contributed by atoms with Crippen LogP contribution in [0.5, 0.6) is 0 Å². The predicted octanol–water partition coefficient (Wildman–Crippen LogP) is 1.06. The van der Waals surface area contributed by atoms with E-state index in [4.69, 9.17) is 4.42 Å². The molecular formula is C9H11NO2. The summed E-state index contributed by atoms with van der Waals surface area (Å²) >= 11 is 0. The average Bonchev–Trinajstić information content (AvgIpc) is 2.51. The van der Waals surface area contributed by atoms with Crippen LogP contribution in [0.25, 0.3) is 5.57 Å². The standard InChI is InChI=1S/C9H11NO2/c1-10(2)6-8(7-11)9-4-3-5-12-9/h3-5H,6H2,1-2H3. The van der Waals surface area contributed by atoms with Gasteiger partial charge < -0.3 is 9.32 Å². The molecule has 0 aliphatic heterocycles. The second kappa shape index (κ2) is 3.90. The fourth-order valence-corrected chi connectivity index (χ4v) is 0.927. The van der Waals surface area contributed by atoms with Gasteiger partial charge in [-0.05, 0) is 26.2 Å². The maximum Gasteiger partial charge on any atom is 0.142 e. The molecule has 0 saturated carbocycles. The Bertz CT molecular complexity index is 281. The zero-order valence-electron chi connectivity index (χ0n) is 7.20. The average molecular weight is 165 g/mol. The highest BCUT2D eigenvalue weighted by atomic mass is 16.3. The molecule has 0 saturated heterocycles. The van der Waals surface area contributed by atoms with Gasteiger partial charge in [-0.25, -0.2) is 4.79 Å². The second-order valence-corrected chi connectivity index (χ2v) is 2.80. The van der Waals surface area contributed by atoms with Crippen molar-refractivity contribution in [1.82, 2.24) is 4.90 Å². The van der Waals surface area contributed by atoms with E-state index in [0.29, 0.717) is 17.9 Å². The summed E-state index contributed by atoms with van der Waals surface area (Å²) in [4.78, 5) is 12.4. The first-order chi connectivity index (χ1) is 5.74. The molecule has 0 spiro atoms. The number of hydrogen-bond donors (Lipinski definition) is 0. The summed E-state index contributed by atoms with van der Waals surface area (Å²) in [5.41, 5.74) is 0.546. The fourth-order valence-electron chi connectivity index (χ4n) is 0.927. The molecule has 0 aromatic carbocycles. The van der Waals surface area contributed by atoms with Crippen molar-refractivity contribution < 1.29 is 9.21 Å². The van der Waals surface area contributed by atoms with Gasteiger partial charge in [-0.15, -0.1) is 0 Å². The molecule has 3 nitrogen and oxygen atoms in total. The molecule has 64 valence electrons. The molecule has 1 aromatic heterocycles. The summed E-state index contributed by atoms with van der Waals surface area (Å²) in [6.07, 6.45) is 1.54. The largest absolute Gasteiger partial charge is 0.464 e. The predicted molar refractivity (Wildman–Crippen MR) is 46.4 cm³/mol. The number of hydrogen-bond acceptors (Lipinski definition) is 3. The van der Waals surface area contributed by atoms with Gasteiger partial charge in [0, 0.05) is 6.54 Å². The molecule has 0 bridgehead atoms. The first kappa shape index (κ1) is 8.78. The van der Waals surface area contributed by atoms with Gasteiger partial charge in [0.15, 0.2) is 0 Å². The van der Waals surface area contributed by atoms with E-state index in [0.717, 1.165) is 0 Å². The molecule has 1 aromatic rings. The van der Waals surface area contributed by atoms with Gasteiger partial charge in [0.2, 0.25) is 0 Å². The van der Waals surface area contributed by atoms with Crippen LogP contribution >= 0.6 is 0 Å². The van der Waals surface area contributed by atoms with Gasteiger partial charge in [-0.1, -0.05) is 0 Å². The zero-order chi connectivity index (χ0) is 8.97. The van der Waals surface area contributed by atoms with Crippen molar-refractivity contribution in [2.24, 2.45) is 0 Å². The lowest BCUT2D eigenvalue weighted by Gasteiger charge is -2.07. The summed E-state index contributed by atoms with van der Waals surface area (Å²) in [7, 11) is 3.78. The Morgan fingerprint density at radius 3 is 2.83 bits per heavy atom. The van der Waals surface area contributed by atoms with Crippen molar-refractivity contribution in [2.75, 3.05) is 20.6 Å². The Labute approximate surface area is 71.3 Å². The molecular weight excluding hydrogens is 154 g/mol. The van der Waals surface area contributed by atoms with Crippen molar-refractivity contribution in [2.45, 2.75) is 0 Å². The van der Waals surface area contributed by atoms with Gasteiger partial charge in [0.1, 0.15) is 11.7 Å². The molecule has 1 heterocycles. The third-order valence-electron chi connectivity index (χ3n) is 1.42. The molecule has 12 heavy (non-hydrogen) atoms. The van der Waals surface area contributed by atoms with Crippen LogP contribution < -0.4 is 0 Å². The first-order valence-electron chi connectivity index (χ1n) is 3.66. The minimum absolute atomic E-state index is 0.546. The lowest BCUT2D eigenvalue weighted by Crippen LogP contribution is -2.14. The second-order valence-electron chi connectivity index (χ2n) is 2.80. The molecule has 0 radical (unpaired) electrons. The van der Waals surface area contributed by atoms with Crippen molar-refractivity contribution in [3.8, 4) is 0 Å². The number of rotatable bonds is 3. The van der Waals surface area contributed by atoms with Crippen molar-refractivity contribution >= 4 is 11.5 Å². The summed E-state index contributed by atoms with van der Waals surface area (Å²) in [6.45, 7) is 0.553. The number of furan rings is 1. The quantitative estimate of drug-likeness (QED) is 0.628. The van der Waals surface area contributed by atoms with Crippen LogP contribution in [0.3, 0.4) is 0 Å². The molecule has 1 rings (SSSR count). The highest BCUT2D eigenvalue weighted by molar-refractivity contribution is 5.86. The van der Waals surface area contributed by atoms with Crippen molar-refractivity contribution in [3.63, 3.8) is 0 Å². The van der Waals surface area contributed by atoms with E-state index in [1.165, 1.54) is 0 Å². The molecule has 0 fully saturated rings. The van der Waals surface area contributed by atoms with Gasteiger partial charge in [-0.3, -0.25) is 0 Å². The molecule has 3 heteroatoms. The van der Waals surface area contributed by atoms with Crippen molar-refractivity contribution in [1.29, 1.82) is 0 Å². The monoisotopic (exact) mass is 165 g/mol. The first-order valence-corrected chi connectivity index (χ1v) is 3.66. The van der Waals surface area contributed by atoms with E-state index in [2.05, 4.69) is 0 Å². The Morgan fingerprint density at radius 1 is 1.67 bits per heavy atom. The molecule has 0 N–H and O–H groups in total. The maximum absolute atomic E-state index is 10.5. The number of carbonyl (C=O) groups excluding carboxylic acids is 1. The SMILES string of the molecule is CN(C)CC(=C=O)c1ccco1. The molecule has 0 aliphatic rings. The fraction of sp³-hybridized carbons (Fsp3) is 0.333. The van der Waals surface area contributed by atoms with E-state index in [9.17, 15) is 4.79 Å². The summed E-state index contributed by atoms with van der Waals surface area (Å²) in [5, 5.41) is 0. The van der Waals surface area contributed by atoms with Crippen LogP contribution in [0.1, 0.15) is 5.76 Å². The Kier molecular flexibility index (Phi) is 2.86. The van der Waals surface area contributed by atoms with Gasteiger partial charge in [0.25, 0.3) is 0 Å². The van der Waals surface area contributed by atoms with E-state index in [1.807, 2.05) is 24.9 Å². The van der Waals surface area contributed by atoms with Gasteiger partial charge >= 0.3 is 0 Å². The smallest absolute Gasteiger partial charge is 0.142 e. The molecule has 0 amide bonds. The third-order valence-corrected chi connectivity index (χ3v) is 1.42. The van der Waals surface area contributed by atoms with Crippen LogP contribution in [-0.4, -0.2) is 31.5 Å². The Morgan fingerprint density at radius 2 is 2.42 bits per heavy atom. The highest BCUT2D eigenvalue weighted by Gasteiger charge is 2.06. The van der Waals surface area contributed by atoms with Gasteiger partial charge in [-0.2, -0.15) is 0 Å². The van der Waals surface area contributed by atoms with Crippen LogP contribution in [0.2, 0.25) is 0 Å². The number of likely N-dealkylation sites (N-methyl/N-ethyl adjacent to an activating group) is 1. The van der Waals surface area contributed by atoms with E-state index in [-0.39, 0.29) is 0 Å².